The molecule has 0 N–H and O–H groups in total. The van der Waals surface area contributed by atoms with E-state index in [4.69, 9.17) is 4.74 Å². The highest BCUT2D eigenvalue weighted by Gasteiger charge is 2.01. The van der Waals surface area contributed by atoms with Crippen LogP contribution in [0.25, 0.3) is 0 Å². The number of hydrogen-bond donors (Lipinski definition) is 0. The fourth-order valence-corrected chi connectivity index (χ4v) is 0.732. The van der Waals surface area contributed by atoms with E-state index in [-0.39, 0.29) is 5.91 Å². The zero-order valence-corrected chi connectivity index (χ0v) is 8.30. The fourth-order valence-electron chi connectivity index (χ4n) is 0.732. The molecule has 0 atom stereocenters. The molecule has 0 heterocycles. The third kappa shape index (κ3) is 6.16. The van der Waals surface area contributed by atoms with Crippen LogP contribution in [0.1, 0.15) is 26.2 Å². The van der Waals surface area contributed by atoms with Crippen molar-refractivity contribution >= 4 is 5.91 Å². The highest BCUT2D eigenvalue weighted by atomic mass is 16.5. The molecule has 0 rings (SSSR count). The van der Waals surface area contributed by atoms with E-state index >= 15 is 0 Å². The predicted molar refractivity (Wildman–Crippen MR) is 49.0 cm³/mol. The second-order valence-electron chi connectivity index (χ2n) is 3.00. The van der Waals surface area contributed by atoms with E-state index in [2.05, 4.69) is 6.92 Å². The molecule has 0 radical (unpaired) electrons. The molecule has 0 aromatic rings. The van der Waals surface area contributed by atoms with Crippen LogP contribution in [0, 0.1) is 0 Å². The van der Waals surface area contributed by atoms with Gasteiger partial charge in [0.1, 0.15) is 0 Å². The largest absolute Gasteiger partial charge is 0.381 e. The van der Waals surface area contributed by atoms with Gasteiger partial charge in [-0.1, -0.05) is 13.3 Å². The highest BCUT2D eigenvalue weighted by molar-refractivity contribution is 5.75. The molecule has 0 saturated heterocycles. The number of carbonyl (C=O) groups excluding carboxylic acids is 1. The Bertz CT molecular complexity index is 124. The molecule has 3 heteroatoms. The molecular weight excluding hydrogens is 154 g/mol. The van der Waals surface area contributed by atoms with Crippen molar-refractivity contribution in [3.63, 3.8) is 0 Å². The molecule has 1 amide bonds. The summed E-state index contributed by atoms with van der Waals surface area (Å²) in [6.07, 6.45) is 2.72. The van der Waals surface area contributed by atoms with Gasteiger partial charge >= 0.3 is 0 Å². The number of ether oxygens (including phenoxy) is 1. The van der Waals surface area contributed by atoms with Crippen LogP contribution in [0.5, 0.6) is 0 Å². The van der Waals surface area contributed by atoms with E-state index in [1.807, 2.05) is 0 Å². The lowest BCUT2D eigenvalue weighted by atomic mass is 10.3. The summed E-state index contributed by atoms with van der Waals surface area (Å²) < 4.78 is 5.25. The molecule has 0 unspecified atom stereocenters. The van der Waals surface area contributed by atoms with Gasteiger partial charge in [-0.25, -0.2) is 0 Å². The average molecular weight is 173 g/mol. The smallest absolute Gasteiger partial charge is 0.224 e. The Kier molecular flexibility index (Phi) is 6.76. The van der Waals surface area contributed by atoms with Crippen molar-refractivity contribution in [1.29, 1.82) is 0 Å². The molecular formula is C9H19NO2. The van der Waals surface area contributed by atoms with Gasteiger partial charge in [-0.3, -0.25) is 4.79 Å². The molecule has 0 spiro atoms. The highest BCUT2D eigenvalue weighted by Crippen LogP contribution is 1.91. The minimum atomic E-state index is 0.131. The van der Waals surface area contributed by atoms with Crippen LogP contribution in [0.15, 0.2) is 0 Å². The van der Waals surface area contributed by atoms with Gasteiger partial charge in [-0.05, 0) is 6.42 Å². The Morgan fingerprint density at radius 2 is 2.00 bits per heavy atom. The van der Waals surface area contributed by atoms with Crippen molar-refractivity contribution in [1.82, 2.24) is 4.90 Å². The number of amides is 1. The Morgan fingerprint density at radius 3 is 2.50 bits per heavy atom. The minimum absolute atomic E-state index is 0.131. The first kappa shape index (κ1) is 11.4. The molecule has 0 aliphatic rings. The zero-order chi connectivity index (χ0) is 9.40. The summed E-state index contributed by atoms with van der Waals surface area (Å²) in [7, 11) is 3.52. The number of hydrogen-bond acceptors (Lipinski definition) is 2. The molecule has 0 saturated carbocycles. The van der Waals surface area contributed by atoms with Crippen LogP contribution < -0.4 is 0 Å². The Hall–Kier alpha value is -0.570. The Balaban J connectivity index is 3.14. The quantitative estimate of drug-likeness (QED) is 0.566. The molecule has 0 aliphatic carbocycles. The normalized spacial score (nSPS) is 9.92. The number of unbranched alkanes of at least 4 members (excludes halogenated alkanes) is 1. The first-order valence-corrected chi connectivity index (χ1v) is 4.46. The second kappa shape index (κ2) is 7.10. The van der Waals surface area contributed by atoms with Gasteiger partial charge in [0.15, 0.2) is 0 Å². The maximum absolute atomic E-state index is 11.0. The SMILES string of the molecule is CCCCOCCC(=O)N(C)C. The summed E-state index contributed by atoms with van der Waals surface area (Å²) in [5.74, 6) is 0.131. The molecule has 72 valence electrons. The van der Waals surface area contributed by atoms with Crippen LogP contribution in [0.2, 0.25) is 0 Å². The van der Waals surface area contributed by atoms with E-state index in [9.17, 15) is 4.79 Å². The summed E-state index contributed by atoms with van der Waals surface area (Å²) in [6.45, 7) is 3.45. The van der Waals surface area contributed by atoms with E-state index in [0.29, 0.717) is 13.0 Å². The maximum atomic E-state index is 11.0. The van der Waals surface area contributed by atoms with Gasteiger partial charge in [0.25, 0.3) is 0 Å². The van der Waals surface area contributed by atoms with Gasteiger partial charge in [0.2, 0.25) is 5.91 Å². The van der Waals surface area contributed by atoms with Gasteiger partial charge < -0.3 is 9.64 Å². The third-order valence-corrected chi connectivity index (χ3v) is 1.60. The topological polar surface area (TPSA) is 29.5 Å². The summed E-state index contributed by atoms with van der Waals surface area (Å²) in [5, 5.41) is 0. The summed E-state index contributed by atoms with van der Waals surface area (Å²) in [4.78, 5) is 12.6. The molecule has 0 fully saturated rings. The van der Waals surface area contributed by atoms with Crippen LogP contribution in [-0.2, 0) is 9.53 Å². The molecule has 0 aromatic carbocycles. The molecule has 0 aromatic heterocycles. The Labute approximate surface area is 74.7 Å². The van der Waals surface area contributed by atoms with Gasteiger partial charge in [-0.15, -0.1) is 0 Å². The molecule has 0 aliphatic heterocycles. The second-order valence-corrected chi connectivity index (χ2v) is 3.00. The lowest BCUT2D eigenvalue weighted by molar-refractivity contribution is -0.129. The lowest BCUT2D eigenvalue weighted by Crippen LogP contribution is -2.22. The molecule has 12 heavy (non-hydrogen) atoms. The Morgan fingerprint density at radius 1 is 1.33 bits per heavy atom. The van der Waals surface area contributed by atoms with Crippen molar-refractivity contribution < 1.29 is 9.53 Å². The monoisotopic (exact) mass is 173 g/mol. The maximum Gasteiger partial charge on any atom is 0.224 e. The summed E-state index contributed by atoms with van der Waals surface area (Å²) in [5.41, 5.74) is 0. The van der Waals surface area contributed by atoms with Crippen molar-refractivity contribution in [3.8, 4) is 0 Å². The number of carbonyl (C=O) groups is 1. The van der Waals surface area contributed by atoms with E-state index in [0.717, 1.165) is 19.4 Å². The van der Waals surface area contributed by atoms with E-state index in [1.165, 1.54) is 0 Å². The molecule has 0 bridgehead atoms. The zero-order valence-electron chi connectivity index (χ0n) is 8.30. The number of nitrogens with zero attached hydrogens (tertiary/aromatic N) is 1. The van der Waals surface area contributed by atoms with Crippen LogP contribution >= 0.6 is 0 Å². The first-order chi connectivity index (χ1) is 5.68. The van der Waals surface area contributed by atoms with E-state index in [1.54, 1.807) is 19.0 Å². The summed E-state index contributed by atoms with van der Waals surface area (Å²) in [6, 6.07) is 0. The van der Waals surface area contributed by atoms with Gasteiger partial charge in [0, 0.05) is 20.7 Å². The van der Waals surface area contributed by atoms with Crippen molar-refractivity contribution in [3.05, 3.63) is 0 Å². The van der Waals surface area contributed by atoms with E-state index < -0.39 is 0 Å². The predicted octanol–water partition coefficient (Wildman–Crippen LogP) is 1.28. The van der Waals surface area contributed by atoms with Crippen LogP contribution in [-0.4, -0.2) is 38.1 Å². The van der Waals surface area contributed by atoms with Crippen molar-refractivity contribution in [2.75, 3.05) is 27.3 Å². The van der Waals surface area contributed by atoms with Crippen molar-refractivity contribution in [2.24, 2.45) is 0 Å². The lowest BCUT2D eigenvalue weighted by Gasteiger charge is -2.09. The van der Waals surface area contributed by atoms with Gasteiger partial charge in [-0.2, -0.15) is 0 Å². The van der Waals surface area contributed by atoms with Gasteiger partial charge in [0.05, 0.1) is 13.0 Å². The standard InChI is InChI=1S/C9H19NO2/c1-4-5-7-12-8-6-9(11)10(2)3/h4-8H2,1-3H3. The summed E-state index contributed by atoms with van der Waals surface area (Å²) >= 11 is 0. The first-order valence-electron chi connectivity index (χ1n) is 4.46. The van der Waals surface area contributed by atoms with Crippen molar-refractivity contribution in [2.45, 2.75) is 26.2 Å². The average Bonchev–Trinajstić information content (AvgIpc) is 2.03. The number of rotatable bonds is 6. The third-order valence-electron chi connectivity index (χ3n) is 1.60. The fraction of sp³-hybridized carbons (Fsp3) is 0.889. The molecule has 3 nitrogen and oxygen atoms in total. The minimum Gasteiger partial charge on any atom is -0.381 e. The van der Waals surface area contributed by atoms with Crippen LogP contribution in [0.4, 0.5) is 0 Å². The van der Waals surface area contributed by atoms with Crippen LogP contribution in [0.3, 0.4) is 0 Å².